The van der Waals surface area contributed by atoms with Crippen LogP contribution in [0.15, 0.2) is 29.8 Å². The maximum Gasteiger partial charge on any atom is 0.170 e. The minimum Gasteiger partial charge on any atom is -0.295 e. The topological polar surface area (TPSA) is 48.0 Å². The van der Waals surface area contributed by atoms with Crippen molar-refractivity contribution in [1.29, 1.82) is 0 Å². The third kappa shape index (κ3) is 3.28. The minimum absolute atomic E-state index is 0.744. The molecule has 27 heavy (non-hydrogen) atoms. The van der Waals surface area contributed by atoms with Crippen LogP contribution in [0.1, 0.15) is 50.6 Å². The first-order chi connectivity index (χ1) is 13.2. The lowest BCUT2D eigenvalue weighted by molar-refractivity contribution is 0.412. The summed E-state index contributed by atoms with van der Waals surface area (Å²) in [5, 5.41) is 5.35. The molecule has 1 spiro atoms. The summed E-state index contributed by atoms with van der Waals surface area (Å²) in [6.45, 7) is 0. The summed E-state index contributed by atoms with van der Waals surface area (Å²) in [4.78, 5) is 9.61. The van der Waals surface area contributed by atoms with Crippen molar-refractivity contribution < 1.29 is 0 Å². The highest BCUT2D eigenvalue weighted by atomic mass is 32.2. The lowest BCUT2D eigenvalue weighted by Gasteiger charge is -2.15. The van der Waals surface area contributed by atoms with Crippen LogP contribution in [-0.2, 0) is 13.5 Å². The summed E-state index contributed by atoms with van der Waals surface area (Å²) in [7, 11) is 1.95. The Morgan fingerprint density at radius 2 is 2.04 bits per heavy atom. The molecule has 0 bridgehead atoms. The van der Waals surface area contributed by atoms with Crippen molar-refractivity contribution in [3.8, 4) is 11.3 Å². The molecule has 0 amide bonds. The van der Waals surface area contributed by atoms with Crippen LogP contribution in [0.5, 0.6) is 0 Å². The van der Waals surface area contributed by atoms with E-state index in [0.717, 1.165) is 39.7 Å². The summed E-state index contributed by atoms with van der Waals surface area (Å²) in [5.41, 5.74) is 5.08. The van der Waals surface area contributed by atoms with E-state index in [1.54, 1.807) is 11.8 Å². The average molecular weight is 382 g/mol. The van der Waals surface area contributed by atoms with Gasteiger partial charge in [0.05, 0.1) is 23.8 Å². The molecule has 1 unspecified atom stereocenters. The largest absolute Gasteiger partial charge is 0.295 e. The van der Waals surface area contributed by atoms with E-state index in [1.807, 2.05) is 30.3 Å². The fraction of sp³-hybridized carbons (Fsp3) is 0.571. The first kappa shape index (κ1) is 17.3. The molecule has 2 fully saturated rings. The lowest BCUT2D eigenvalue weighted by atomic mass is 9.93. The van der Waals surface area contributed by atoms with Crippen molar-refractivity contribution in [3.05, 3.63) is 30.5 Å². The maximum absolute atomic E-state index is 4.97. The molecule has 0 saturated heterocycles. The molecule has 5 nitrogen and oxygen atoms in total. The molecule has 3 heterocycles. The molecular formula is C21H27N5S. The molecule has 0 radical (unpaired) electrons. The van der Waals surface area contributed by atoms with Gasteiger partial charge < -0.3 is 0 Å². The first-order valence-corrected chi connectivity index (χ1v) is 11.3. The molecule has 0 aliphatic heterocycles. The van der Waals surface area contributed by atoms with Crippen LogP contribution in [0, 0.1) is 11.3 Å². The van der Waals surface area contributed by atoms with E-state index in [9.17, 15) is 0 Å². The lowest BCUT2D eigenvalue weighted by Crippen LogP contribution is -2.08. The Bertz CT molecular complexity index is 968. The number of imidazole rings is 1. The van der Waals surface area contributed by atoms with Gasteiger partial charge >= 0.3 is 0 Å². The summed E-state index contributed by atoms with van der Waals surface area (Å²) in [6.07, 6.45) is 21.2. The first-order valence-electron chi connectivity index (χ1n) is 10.1. The molecule has 6 heteroatoms. The molecule has 2 saturated carbocycles. The van der Waals surface area contributed by atoms with Crippen molar-refractivity contribution in [1.82, 2.24) is 24.1 Å². The van der Waals surface area contributed by atoms with Crippen LogP contribution in [-0.4, -0.2) is 30.4 Å². The number of aryl methyl sites for hydroxylation is 1. The fourth-order valence-electron chi connectivity index (χ4n) is 4.73. The van der Waals surface area contributed by atoms with E-state index in [0.29, 0.717) is 0 Å². The Kier molecular flexibility index (Phi) is 4.26. The molecule has 0 N–H and O–H groups in total. The Labute approximate surface area is 164 Å². The highest BCUT2D eigenvalue weighted by Crippen LogP contribution is 2.56. The summed E-state index contributed by atoms with van der Waals surface area (Å²) in [5.74, 6) is 0.773. The predicted molar refractivity (Wildman–Crippen MR) is 109 cm³/mol. The standard InChI is InChI=1S/C21H27N5S/c1-25-13-16(11-23-25)18-12-22-19-20(27-2)24-17(14-26(18)19)10-15-4-3-6-21(7-5-15)8-9-21/h11-15H,3-10H2,1-2H3. The van der Waals surface area contributed by atoms with Crippen LogP contribution in [0.3, 0.4) is 0 Å². The normalized spacial score (nSPS) is 21.6. The van der Waals surface area contributed by atoms with E-state index >= 15 is 0 Å². The number of aromatic nitrogens is 5. The quantitative estimate of drug-likeness (QED) is 0.612. The van der Waals surface area contributed by atoms with Crippen LogP contribution >= 0.6 is 11.8 Å². The Morgan fingerprint density at radius 1 is 1.15 bits per heavy atom. The van der Waals surface area contributed by atoms with E-state index in [4.69, 9.17) is 4.98 Å². The number of rotatable bonds is 4. The van der Waals surface area contributed by atoms with E-state index < -0.39 is 0 Å². The van der Waals surface area contributed by atoms with Crippen LogP contribution in [0.4, 0.5) is 0 Å². The number of hydrogen-bond acceptors (Lipinski definition) is 4. The zero-order valence-electron chi connectivity index (χ0n) is 16.2. The minimum atomic E-state index is 0.744. The van der Waals surface area contributed by atoms with Crippen LogP contribution in [0.25, 0.3) is 16.9 Å². The van der Waals surface area contributed by atoms with Gasteiger partial charge in [0.25, 0.3) is 0 Å². The third-order valence-corrected chi connectivity index (χ3v) is 7.22. The van der Waals surface area contributed by atoms with Crippen LogP contribution in [0.2, 0.25) is 0 Å². The van der Waals surface area contributed by atoms with E-state index in [1.165, 1.54) is 50.6 Å². The second-order valence-electron chi connectivity index (χ2n) is 8.48. The van der Waals surface area contributed by atoms with Gasteiger partial charge in [-0.3, -0.25) is 9.08 Å². The van der Waals surface area contributed by atoms with Crippen molar-refractivity contribution in [2.45, 2.75) is 56.4 Å². The Hall–Kier alpha value is -1.82. The fourth-order valence-corrected chi connectivity index (χ4v) is 5.27. The highest BCUT2D eigenvalue weighted by Gasteiger charge is 2.43. The maximum atomic E-state index is 4.97. The monoisotopic (exact) mass is 381 g/mol. The van der Waals surface area contributed by atoms with Gasteiger partial charge in [0.1, 0.15) is 5.03 Å². The molecule has 142 valence electrons. The second-order valence-corrected chi connectivity index (χ2v) is 9.28. The average Bonchev–Trinajstić information content (AvgIpc) is 3.18. The van der Waals surface area contributed by atoms with Gasteiger partial charge in [0.2, 0.25) is 0 Å². The highest BCUT2D eigenvalue weighted by molar-refractivity contribution is 7.98. The molecule has 5 rings (SSSR count). The molecule has 2 aliphatic carbocycles. The van der Waals surface area contributed by atoms with Gasteiger partial charge in [-0.25, -0.2) is 9.97 Å². The molecular weight excluding hydrogens is 354 g/mol. The Balaban J connectivity index is 1.47. The second kappa shape index (κ2) is 6.66. The number of hydrogen-bond donors (Lipinski definition) is 0. The Morgan fingerprint density at radius 3 is 2.78 bits per heavy atom. The summed E-state index contributed by atoms with van der Waals surface area (Å²) >= 11 is 1.69. The van der Waals surface area contributed by atoms with Gasteiger partial charge in [0.15, 0.2) is 5.65 Å². The van der Waals surface area contributed by atoms with Crippen molar-refractivity contribution in [2.75, 3.05) is 6.26 Å². The van der Waals surface area contributed by atoms with Gasteiger partial charge in [-0.05, 0) is 56.1 Å². The van der Waals surface area contributed by atoms with Gasteiger partial charge in [-0.1, -0.05) is 12.8 Å². The number of nitrogens with zero attached hydrogens (tertiary/aromatic N) is 5. The van der Waals surface area contributed by atoms with Gasteiger partial charge in [-0.2, -0.15) is 5.10 Å². The van der Waals surface area contributed by atoms with E-state index in [2.05, 4.69) is 26.9 Å². The zero-order chi connectivity index (χ0) is 18.4. The smallest absolute Gasteiger partial charge is 0.170 e. The van der Waals surface area contributed by atoms with Crippen molar-refractivity contribution in [2.24, 2.45) is 18.4 Å². The summed E-state index contributed by atoms with van der Waals surface area (Å²) in [6, 6.07) is 0. The summed E-state index contributed by atoms with van der Waals surface area (Å²) < 4.78 is 4.05. The zero-order valence-corrected chi connectivity index (χ0v) is 17.0. The van der Waals surface area contributed by atoms with Gasteiger partial charge in [-0.15, -0.1) is 11.8 Å². The number of thioether (sulfide) groups is 1. The van der Waals surface area contributed by atoms with Crippen molar-refractivity contribution in [3.63, 3.8) is 0 Å². The molecule has 2 aliphatic rings. The van der Waals surface area contributed by atoms with Crippen molar-refractivity contribution >= 4 is 17.4 Å². The number of fused-ring (bicyclic) bond motifs is 1. The molecule has 3 aromatic heterocycles. The van der Waals surface area contributed by atoms with Crippen LogP contribution < -0.4 is 0 Å². The van der Waals surface area contributed by atoms with Gasteiger partial charge in [0, 0.05) is 25.0 Å². The van der Waals surface area contributed by atoms with E-state index in [-0.39, 0.29) is 0 Å². The molecule has 0 aromatic carbocycles. The third-order valence-electron chi connectivity index (χ3n) is 6.56. The molecule has 1 atom stereocenters. The SMILES string of the molecule is CSc1nc(CC2CCCC3(CC2)CC3)cn2c(-c3cnn(C)c3)cnc12. The molecule has 3 aromatic rings. The predicted octanol–water partition coefficient (Wildman–Crippen LogP) is 4.75.